The van der Waals surface area contributed by atoms with Crippen molar-refractivity contribution in [2.75, 3.05) is 7.11 Å². The zero-order chi connectivity index (χ0) is 8.27. The van der Waals surface area contributed by atoms with Gasteiger partial charge in [0.05, 0.1) is 7.11 Å². The maximum absolute atomic E-state index is 9.11. The predicted molar refractivity (Wildman–Crippen MR) is 37.9 cm³/mol. The van der Waals surface area contributed by atoms with Gasteiger partial charge < -0.3 is 14.7 Å². The Bertz CT molecular complexity index is 246. The first-order chi connectivity index (χ1) is 5.29. The lowest BCUT2D eigenvalue weighted by Gasteiger charge is -2.05. The Balaban J connectivity index is 3.13. The molecule has 0 bridgehead atoms. The van der Waals surface area contributed by atoms with Crippen LogP contribution in [0.2, 0.25) is 0 Å². The van der Waals surface area contributed by atoms with E-state index in [4.69, 9.17) is 15.1 Å². The third-order valence-corrected chi connectivity index (χ3v) is 1.26. The van der Waals surface area contributed by atoms with Gasteiger partial charge in [-0.3, -0.25) is 0 Å². The molecule has 0 aliphatic carbocycles. The Morgan fingerprint density at radius 3 is 2.55 bits per heavy atom. The molecule has 0 heterocycles. The van der Waals surface area contributed by atoms with Gasteiger partial charge in [-0.05, 0) is 12.1 Å². The molecule has 1 aromatic rings. The van der Waals surface area contributed by atoms with Gasteiger partial charge in [0.2, 0.25) is 11.5 Å². The van der Waals surface area contributed by atoms with Crippen LogP contribution in [0, 0.1) is 0 Å². The number of phenols is 1. The molecule has 0 radical (unpaired) electrons. The quantitative estimate of drug-likeness (QED) is 0.499. The van der Waals surface area contributed by atoms with Crippen LogP contribution in [0.15, 0.2) is 18.2 Å². The molecular formula is C7H8O4. The van der Waals surface area contributed by atoms with Crippen molar-refractivity contribution in [2.24, 2.45) is 0 Å². The standard InChI is InChI=1S/C7H8O4/c1-10-7-5(8)3-2-4-6(7)11-9/h2-4,8-9H,1H3. The normalized spacial score (nSPS) is 9.27. The van der Waals surface area contributed by atoms with Crippen molar-refractivity contribution < 1.29 is 20.0 Å². The highest BCUT2D eigenvalue weighted by Gasteiger charge is 2.07. The van der Waals surface area contributed by atoms with E-state index in [1.54, 1.807) is 0 Å². The van der Waals surface area contributed by atoms with Crippen LogP contribution in [0.5, 0.6) is 17.2 Å². The Morgan fingerprint density at radius 2 is 2.09 bits per heavy atom. The molecule has 2 N–H and O–H groups in total. The number of methoxy groups -OCH3 is 1. The van der Waals surface area contributed by atoms with Crippen LogP contribution < -0.4 is 9.62 Å². The summed E-state index contributed by atoms with van der Waals surface area (Å²) < 4.78 is 4.73. The van der Waals surface area contributed by atoms with Gasteiger partial charge >= 0.3 is 0 Å². The molecule has 0 aliphatic rings. The number of ether oxygens (including phenoxy) is 1. The number of benzene rings is 1. The van der Waals surface area contributed by atoms with E-state index in [1.165, 1.54) is 25.3 Å². The second-order valence-electron chi connectivity index (χ2n) is 1.90. The van der Waals surface area contributed by atoms with Crippen LogP contribution in [-0.2, 0) is 0 Å². The highest BCUT2D eigenvalue weighted by Crippen LogP contribution is 2.34. The number of rotatable bonds is 2. The molecule has 60 valence electrons. The molecule has 0 saturated carbocycles. The lowest BCUT2D eigenvalue weighted by Crippen LogP contribution is -1.90. The smallest absolute Gasteiger partial charge is 0.210 e. The van der Waals surface area contributed by atoms with Crippen molar-refractivity contribution >= 4 is 0 Å². The highest BCUT2D eigenvalue weighted by atomic mass is 17.1. The fraction of sp³-hybridized carbons (Fsp3) is 0.143. The minimum Gasteiger partial charge on any atom is -0.504 e. The summed E-state index contributed by atoms with van der Waals surface area (Å²) in [6, 6.07) is 4.43. The van der Waals surface area contributed by atoms with Crippen LogP contribution in [0.4, 0.5) is 0 Å². The number of aromatic hydroxyl groups is 1. The maximum atomic E-state index is 9.11. The fourth-order valence-electron chi connectivity index (χ4n) is 0.781. The summed E-state index contributed by atoms with van der Waals surface area (Å²) >= 11 is 0. The van der Waals surface area contributed by atoms with E-state index in [0.717, 1.165) is 0 Å². The van der Waals surface area contributed by atoms with Gasteiger partial charge in [0.15, 0.2) is 5.75 Å². The Morgan fingerprint density at radius 1 is 1.36 bits per heavy atom. The predicted octanol–water partition coefficient (Wildman–Crippen LogP) is 1.25. The molecular weight excluding hydrogens is 148 g/mol. The molecule has 1 rings (SSSR count). The summed E-state index contributed by atoms with van der Waals surface area (Å²) in [5, 5.41) is 17.4. The van der Waals surface area contributed by atoms with Crippen LogP contribution >= 0.6 is 0 Å². The van der Waals surface area contributed by atoms with Gasteiger partial charge in [0.25, 0.3) is 0 Å². The Hall–Kier alpha value is -1.42. The minimum absolute atomic E-state index is 0.0703. The molecule has 0 spiro atoms. The topological polar surface area (TPSA) is 58.9 Å². The van der Waals surface area contributed by atoms with Crippen molar-refractivity contribution in [1.82, 2.24) is 0 Å². The third-order valence-electron chi connectivity index (χ3n) is 1.26. The van der Waals surface area contributed by atoms with Crippen LogP contribution in [0.1, 0.15) is 0 Å². The summed E-state index contributed by atoms with van der Waals surface area (Å²) in [5.74, 6) is 0.140. The van der Waals surface area contributed by atoms with Gasteiger partial charge in [-0.2, -0.15) is 0 Å². The van der Waals surface area contributed by atoms with Crippen LogP contribution in [0.25, 0.3) is 0 Å². The number of hydrogen-bond acceptors (Lipinski definition) is 4. The summed E-state index contributed by atoms with van der Waals surface area (Å²) in [6.45, 7) is 0. The molecule has 0 atom stereocenters. The van der Waals surface area contributed by atoms with E-state index < -0.39 is 0 Å². The van der Waals surface area contributed by atoms with Crippen molar-refractivity contribution in [3.63, 3.8) is 0 Å². The summed E-state index contributed by atoms with van der Waals surface area (Å²) in [5.41, 5.74) is 0. The number of phenolic OH excluding ortho intramolecular Hbond substituents is 1. The Labute approximate surface area is 63.5 Å². The molecule has 4 heteroatoms. The van der Waals surface area contributed by atoms with Gasteiger partial charge in [0, 0.05) is 0 Å². The maximum Gasteiger partial charge on any atom is 0.210 e. The lowest BCUT2D eigenvalue weighted by atomic mass is 10.3. The summed E-state index contributed by atoms with van der Waals surface area (Å²) in [7, 11) is 1.37. The van der Waals surface area contributed by atoms with E-state index in [0.29, 0.717) is 0 Å². The summed E-state index contributed by atoms with van der Waals surface area (Å²) in [4.78, 5) is 3.93. The van der Waals surface area contributed by atoms with Gasteiger partial charge in [-0.15, -0.1) is 0 Å². The van der Waals surface area contributed by atoms with E-state index in [2.05, 4.69) is 4.89 Å². The zero-order valence-corrected chi connectivity index (χ0v) is 5.94. The molecule has 11 heavy (non-hydrogen) atoms. The zero-order valence-electron chi connectivity index (χ0n) is 5.94. The Kier molecular flexibility index (Phi) is 2.18. The van der Waals surface area contributed by atoms with E-state index in [1.807, 2.05) is 0 Å². The molecule has 1 aromatic carbocycles. The molecule has 0 amide bonds. The highest BCUT2D eigenvalue weighted by molar-refractivity contribution is 5.49. The van der Waals surface area contributed by atoms with Crippen molar-refractivity contribution in [1.29, 1.82) is 0 Å². The molecule has 0 unspecified atom stereocenters. The van der Waals surface area contributed by atoms with Crippen molar-refractivity contribution in [3.8, 4) is 17.2 Å². The average Bonchev–Trinajstić information content (AvgIpc) is 2.04. The van der Waals surface area contributed by atoms with Crippen molar-refractivity contribution in [3.05, 3.63) is 18.2 Å². The monoisotopic (exact) mass is 156 g/mol. The SMILES string of the molecule is COc1c(O)cccc1OO. The average molecular weight is 156 g/mol. The van der Waals surface area contributed by atoms with E-state index in [9.17, 15) is 0 Å². The van der Waals surface area contributed by atoms with Gasteiger partial charge in [0.1, 0.15) is 0 Å². The molecule has 0 aliphatic heterocycles. The second kappa shape index (κ2) is 3.12. The van der Waals surface area contributed by atoms with Crippen LogP contribution in [0.3, 0.4) is 0 Å². The number of para-hydroxylation sites is 1. The molecule has 0 saturated heterocycles. The minimum atomic E-state index is -0.0703. The number of hydrogen-bond donors (Lipinski definition) is 2. The fourth-order valence-corrected chi connectivity index (χ4v) is 0.781. The molecule has 0 aromatic heterocycles. The van der Waals surface area contributed by atoms with Gasteiger partial charge in [-0.1, -0.05) is 6.07 Å². The largest absolute Gasteiger partial charge is 0.504 e. The van der Waals surface area contributed by atoms with Crippen molar-refractivity contribution in [2.45, 2.75) is 0 Å². The first-order valence-corrected chi connectivity index (χ1v) is 2.97. The third kappa shape index (κ3) is 1.35. The second-order valence-corrected chi connectivity index (χ2v) is 1.90. The first kappa shape index (κ1) is 7.68. The van der Waals surface area contributed by atoms with E-state index >= 15 is 0 Å². The van der Waals surface area contributed by atoms with Crippen LogP contribution in [-0.4, -0.2) is 17.5 Å². The first-order valence-electron chi connectivity index (χ1n) is 2.97. The molecule has 0 fully saturated rings. The van der Waals surface area contributed by atoms with Gasteiger partial charge in [-0.25, -0.2) is 5.26 Å². The van der Waals surface area contributed by atoms with E-state index in [-0.39, 0.29) is 17.2 Å². The molecule has 4 nitrogen and oxygen atoms in total. The summed E-state index contributed by atoms with van der Waals surface area (Å²) in [6.07, 6.45) is 0. The lowest BCUT2D eigenvalue weighted by molar-refractivity contribution is -0.139.